The van der Waals surface area contributed by atoms with E-state index in [2.05, 4.69) is 9.97 Å². The predicted octanol–water partition coefficient (Wildman–Crippen LogP) is 3.90. The van der Waals surface area contributed by atoms with E-state index in [4.69, 9.17) is 4.42 Å². The van der Waals surface area contributed by atoms with Gasteiger partial charge in [-0.25, -0.2) is 4.98 Å². The molecule has 1 aromatic carbocycles. The third-order valence-electron chi connectivity index (χ3n) is 4.52. The Balaban J connectivity index is 1.67. The van der Waals surface area contributed by atoms with Crippen molar-refractivity contribution in [2.75, 3.05) is 6.54 Å². The molecule has 1 fully saturated rings. The second-order valence-corrected chi connectivity index (χ2v) is 6.22. The van der Waals surface area contributed by atoms with E-state index in [-0.39, 0.29) is 11.9 Å². The van der Waals surface area contributed by atoms with Gasteiger partial charge < -0.3 is 9.32 Å². The second-order valence-electron chi connectivity index (χ2n) is 6.22. The number of aryl methyl sites for hydroxylation is 1. The fraction of sp³-hybridized carbons (Fsp3) is 0.316. The van der Waals surface area contributed by atoms with Crippen molar-refractivity contribution in [3.8, 4) is 0 Å². The van der Waals surface area contributed by atoms with Gasteiger partial charge in [0.15, 0.2) is 5.58 Å². The van der Waals surface area contributed by atoms with Gasteiger partial charge in [-0.3, -0.25) is 9.78 Å². The van der Waals surface area contributed by atoms with Crippen molar-refractivity contribution in [1.29, 1.82) is 0 Å². The van der Waals surface area contributed by atoms with Gasteiger partial charge >= 0.3 is 0 Å². The highest BCUT2D eigenvalue weighted by Gasteiger charge is 2.32. The normalized spacial score (nSPS) is 18.0. The molecule has 2 aromatic heterocycles. The number of piperidine rings is 1. The number of oxazole rings is 1. The van der Waals surface area contributed by atoms with Crippen molar-refractivity contribution in [3.63, 3.8) is 0 Å². The summed E-state index contributed by atoms with van der Waals surface area (Å²) in [5.41, 5.74) is 3.12. The average Bonchev–Trinajstić information content (AvgIpc) is 3.06. The number of para-hydroxylation sites is 2. The lowest BCUT2D eigenvalue weighted by molar-refractivity contribution is 0.0574. The number of fused-ring (bicyclic) bond motifs is 1. The summed E-state index contributed by atoms with van der Waals surface area (Å²) in [6, 6.07) is 11.3. The Bertz CT molecular complexity index is 837. The molecule has 0 spiro atoms. The van der Waals surface area contributed by atoms with E-state index in [0.29, 0.717) is 11.5 Å². The molecule has 1 amide bonds. The van der Waals surface area contributed by atoms with Gasteiger partial charge in [-0.05, 0) is 50.5 Å². The molecule has 5 heteroatoms. The summed E-state index contributed by atoms with van der Waals surface area (Å²) in [4.78, 5) is 23.6. The fourth-order valence-electron chi connectivity index (χ4n) is 3.22. The molecule has 0 bridgehead atoms. The number of likely N-dealkylation sites (tertiary alicyclic amines) is 1. The van der Waals surface area contributed by atoms with Crippen LogP contribution in [0.5, 0.6) is 0 Å². The third-order valence-corrected chi connectivity index (χ3v) is 4.52. The van der Waals surface area contributed by atoms with Crippen LogP contribution < -0.4 is 0 Å². The highest BCUT2D eigenvalue weighted by atomic mass is 16.3. The van der Waals surface area contributed by atoms with Crippen molar-refractivity contribution in [2.24, 2.45) is 0 Å². The molecule has 1 unspecified atom stereocenters. The van der Waals surface area contributed by atoms with Gasteiger partial charge in [0.05, 0.1) is 5.56 Å². The molecule has 1 aliphatic rings. The molecule has 3 heterocycles. The van der Waals surface area contributed by atoms with Gasteiger partial charge in [0.1, 0.15) is 11.6 Å². The Morgan fingerprint density at radius 1 is 1.21 bits per heavy atom. The topological polar surface area (TPSA) is 59.2 Å². The number of aromatic nitrogens is 2. The zero-order chi connectivity index (χ0) is 16.5. The van der Waals surface area contributed by atoms with Crippen LogP contribution in [0.15, 0.2) is 47.0 Å². The van der Waals surface area contributed by atoms with Gasteiger partial charge in [0, 0.05) is 18.4 Å². The van der Waals surface area contributed by atoms with Gasteiger partial charge in [0.25, 0.3) is 5.91 Å². The van der Waals surface area contributed by atoms with Crippen LogP contribution in [0.4, 0.5) is 0 Å². The highest BCUT2D eigenvalue weighted by molar-refractivity contribution is 5.94. The summed E-state index contributed by atoms with van der Waals surface area (Å²) in [5, 5.41) is 0. The Morgan fingerprint density at radius 2 is 2.08 bits per heavy atom. The zero-order valence-electron chi connectivity index (χ0n) is 13.6. The van der Waals surface area contributed by atoms with Crippen molar-refractivity contribution >= 4 is 17.0 Å². The van der Waals surface area contributed by atoms with Crippen LogP contribution in [0.1, 0.15) is 47.2 Å². The summed E-state index contributed by atoms with van der Waals surface area (Å²) in [5.74, 6) is 0.624. The van der Waals surface area contributed by atoms with E-state index in [0.717, 1.165) is 42.6 Å². The van der Waals surface area contributed by atoms with Gasteiger partial charge in [0.2, 0.25) is 5.89 Å². The first-order valence-electron chi connectivity index (χ1n) is 8.31. The van der Waals surface area contributed by atoms with E-state index in [9.17, 15) is 4.79 Å². The van der Waals surface area contributed by atoms with Crippen LogP contribution in [0, 0.1) is 6.92 Å². The van der Waals surface area contributed by atoms with E-state index >= 15 is 0 Å². The third kappa shape index (κ3) is 2.66. The molecule has 3 aromatic rings. The Kier molecular flexibility index (Phi) is 3.76. The van der Waals surface area contributed by atoms with E-state index in [1.54, 1.807) is 6.20 Å². The van der Waals surface area contributed by atoms with E-state index < -0.39 is 0 Å². The first kappa shape index (κ1) is 14.9. The molecule has 1 aliphatic heterocycles. The molecular weight excluding hydrogens is 302 g/mol. The molecule has 4 rings (SSSR count). The Morgan fingerprint density at radius 3 is 2.88 bits per heavy atom. The minimum Gasteiger partial charge on any atom is -0.438 e. The van der Waals surface area contributed by atoms with E-state index in [1.165, 1.54) is 0 Å². The average molecular weight is 321 g/mol. The largest absolute Gasteiger partial charge is 0.438 e. The minimum absolute atomic E-state index is 0.00513. The number of carbonyl (C=O) groups excluding carboxylic acids is 1. The summed E-state index contributed by atoms with van der Waals surface area (Å²) >= 11 is 0. The quantitative estimate of drug-likeness (QED) is 0.718. The van der Waals surface area contributed by atoms with Crippen LogP contribution in [-0.2, 0) is 0 Å². The zero-order valence-corrected chi connectivity index (χ0v) is 13.6. The van der Waals surface area contributed by atoms with Crippen LogP contribution in [-0.4, -0.2) is 27.3 Å². The van der Waals surface area contributed by atoms with Gasteiger partial charge in [-0.1, -0.05) is 12.1 Å². The lowest BCUT2D eigenvalue weighted by atomic mass is 10.0. The molecule has 0 saturated carbocycles. The standard InChI is InChI=1S/C19H19N3O2/c1-13-9-10-14(12-20-13)19(23)22-11-5-4-7-16(22)18-21-15-6-2-3-8-17(15)24-18/h2-3,6,8-10,12,16H,4-5,7,11H2,1H3. The predicted molar refractivity (Wildman–Crippen MR) is 90.6 cm³/mol. The van der Waals surface area contributed by atoms with Crippen molar-refractivity contribution in [2.45, 2.75) is 32.2 Å². The van der Waals surface area contributed by atoms with Crippen molar-refractivity contribution < 1.29 is 9.21 Å². The molecule has 0 radical (unpaired) electrons. The molecule has 24 heavy (non-hydrogen) atoms. The summed E-state index contributed by atoms with van der Waals surface area (Å²) in [6.07, 6.45) is 4.59. The lowest BCUT2D eigenvalue weighted by Gasteiger charge is -2.33. The summed E-state index contributed by atoms with van der Waals surface area (Å²) in [6.45, 7) is 2.63. The lowest BCUT2D eigenvalue weighted by Crippen LogP contribution is -2.38. The number of amides is 1. The summed E-state index contributed by atoms with van der Waals surface area (Å²) < 4.78 is 5.92. The van der Waals surface area contributed by atoms with E-state index in [1.807, 2.05) is 48.2 Å². The number of benzene rings is 1. The number of pyridine rings is 1. The number of hydrogen-bond acceptors (Lipinski definition) is 4. The first-order chi connectivity index (χ1) is 11.7. The van der Waals surface area contributed by atoms with Crippen molar-refractivity contribution in [3.05, 3.63) is 59.7 Å². The minimum atomic E-state index is -0.111. The highest BCUT2D eigenvalue weighted by Crippen LogP contribution is 2.33. The number of hydrogen-bond donors (Lipinski definition) is 0. The van der Waals surface area contributed by atoms with Crippen LogP contribution >= 0.6 is 0 Å². The fourth-order valence-corrected chi connectivity index (χ4v) is 3.22. The number of nitrogens with zero attached hydrogens (tertiary/aromatic N) is 3. The Labute approximate surface area is 140 Å². The van der Waals surface area contributed by atoms with Gasteiger partial charge in [-0.2, -0.15) is 0 Å². The maximum absolute atomic E-state index is 12.9. The smallest absolute Gasteiger partial charge is 0.256 e. The number of rotatable bonds is 2. The molecule has 5 nitrogen and oxygen atoms in total. The molecule has 0 N–H and O–H groups in total. The maximum atomic E-state index is 12.9. The molecule has 1 saturated heterocycles. The molecule has 122 valence electrons. The van der Waals surface area contributed by atoms with Gasteiger partial charge in [-0.15, -0.1) is 0 Å². The van der Waals surface area contributed by atoms with Crippen LogP contribution in [0.2, 0.25) is 0 Å². The molecular formula is C19H19N3O2. The monoisotopic (exact) mass is 321 g/mol. The Hall–Kier alpha value is -2.69. The van der Waals surface area contributed by atoms with Crippen LogP contribution in [0.3, 0.4) is 0 Å². The SMILES string of the molecule is Cc1ccc(C(=O)N2CCCCC2c2nc3ccccc3o2)cn1. The molecule has 0 aliphatic carbocycles. The first-order valence-corrected chi connectivity index (χ1v) is 8.31. The second kappa shape index (κ2) is 6.07. The number of carbonyl (C=O) groups is 1. The summed E-state index contributed by atoms with van der Waals surface area (Å²) in [7, 11) is 0. The van der Waals surface area contributed by atoms with Crippen LogP contribution in [0.25, 0.3) is 11.1 Å². The molecule has 1 atom stereocenters. The maximum Gasteiger partial charge on any atom is 0.256 e. The van der Waals surface area contributed by atoms with Crippen molar-refractivity contribution in [1.82, 2.24) is 14.9 Å².